The lowest BCUT2D eigenvalue weighted by atomic mass is 10.5. The molecule has 15 heavy (non-hydrogen) atoms. The van der Waals surface area contributed by atoms with Crippen LogP contribution in [0.2, 0.25) is 0 Å². The average Bonchev–Trinajstić information content (AvgIpc) is 2.86. The number of hydrogen-bond donors (Lipinski definition) is 1. The van der Waals surface area contributed by atoms with Crippen LogP contribution >= 0.6 is 11.3 Å². The van der Waals surface area contributed by atoms with E-state index in [1.54, 1.807) is 11.3 Å². The third-order valence-corrected chi connectivity index (χ3v) is 2.61. The average molecular weight is 229 g/mol. The van der Waals surface area contributed by atoms with Crippen molar-refractivity contribution in [3.8, 4) is 0 Å². The predicted octanol–water partition coefficient (Wildman–Crippen LogP) is 2.95. The van der Waals surface area contributed by atoms with Crippen LogP contribution in [-0.2, 0) is 6.54 Å². The van der Waals surface area contributed by atoms with Crippen molar-refractivity contribution in [1.29, 1.82) is 0 Å². The van der Waals surface area contributed by atoms with E-state index in [-0.39, 0.29) is 0 Å². The summed E-state index contributed by atoms with van der Waals surface area (Å²) in [7, 11) is 0. The number of thiophene rings is 1. The van der Waals surface area contributed by atoms with Crippen LogP contribution < -0.4 is 5.32 Å². The lowest BCUT2D eigenvalue weighted by Crippen LogP contribution is -2.08. The maximum Gasteiger partial charge on any atom is 0.319 e. The topological polar surface area (TPSA) is 29.9 Å². The van der Waals surface area contributed by atoms with E-state index in [1.807, 2.05) is 16.8 Å². The van der Waals surface area contributed by atoms with E-state index in [4.69, 9.17) is 0 Å². The first kappa shape index (κ1) is 10.1. The van der Waals surface area contributed by atoms with Crippen LogP contribution in [0.3, 0.4) is 0 Å². The summed E-state index contributed by atoms with van der Waals surface area (Å²) in [5.74, 6) is 0.330. The van der Waals surface area contributed by atoms with E-state index in [0.29, 0.717) is 12.4 Å². The van der Waals surface area contributed by atoms with Gasteiger partial charge in [-0.05, 0) is 11.4 Å². The summed E-state index contributed by atoms with van der Waals surface area (Å²) in [6.07, 6.45) is 2.64. The molecule has 0 amide bonds. The molecule has 0 bridgehead atoms. The van der Waals surface area contributed by atoms with Gasteiger partial charge in [-0.15, -0.1) is 0 Å². The Labute approximate surface area is 89.4 Å². The second kappa shape index (κ2) is 4.39. The molecule has 0 aromatic carbocycles. The monoisotopic (exact) mass is 229 g/mol. The molecule has 6 heteroatoms. The van der Waals surface area contributed by atoms with Gasteiger partial charge in [0.25, 0.3) is 0 Å². The summed E-state index contributed by atoms with van der Waals surface area (Å²) in [6.45, 7) is -2.24. The van der Waals surface area contributed by atoms with Gasteiger partial charge in [0.05, 0.1) is 6.54 Å². The molecule has 3 nitrogen and oxygen atoms in total. The predicted molar refractivity (Wildman–Crippen MR) is 55.1 cm³/mol. The molecule has 0 saturated heterocycles. The Morgan fingerprint density at radius 1 is 1.53 bits per heavy atom. The molecule has 0 atom stereocenters. The highest BCUT2D eigenvalue weighted by molar-refractivity contribution is 7.08. The number of nitrogens with one attached hydrogen (secondary N) is 1. The van der Waals surface area contributed by atoms with E-state index in [0.717, 1.165) is 10.3 Å². The van der Waals surface area contributed by atoms with E-state index < -0.39 is 6.55 Å². The SMILES string of the molecule is FC(F)n1ccnc1CNc1ccsc1. The Balaban J connectivity index is 2.02. The number of halogens is 2. The van der Waals surface area contributed by atoms with Crippen LogP contribution in [-0.4, -0.2) is 9.55 Å². The van der Waals surface area contributed by atoms with Crippen molar-refractivity contribution in [3.63, 3.8) is 0 Å². The van der Waals surface area contributed by atoms with Gasteiger partial charge in [0, 0.05) is 23.5 Å². The minimum absolute atomic E-state index is 0.300. The molecule has 0 radical (unpaired) electrons. The fourth-order valence-electron chi connectivity index (χ4n) is 1.20. The molecule has 2 heterocycles. The molecule has 0 aliphatic rings. The summed E-state index contributed by atoms with van der Waals surface area (Å²) >= 11 is 1.55. The van der Waals surface area contributed by atoms with E-state index in [9.17, 15) is 8.78 Å². The van der Waals surface area contributed by atoms with Crippen LogP contribution in [0.25, 0.3) is 0 Å². The van der Waals surface area contributed by atoms with Gasteiger partial charge in [-0.2, -0.15) is 20.1 Å². The number of rotatable bonds is 4. The van der Waals surface area contributed by atoms with Gasteiger partial charge in [0.2, 0.25) is 0 Å². The van der Waals surface area contributed by atoms with Crippen molar-refractivity contribution in [2.75, 3.05) is 5.32 Å². The van der Waals surface area contributed by atoms with Crippen LogP contribution in [0.1, 0.15) is 12.4 Å². The quantitative estimate of drug-likeness (QED) is 0.873. The number of aromatic nitrogens is 2. The van der Waals surface area contributed by atoms with Crippen LogP contribution in [0.4, 0.5) is 14.5 Å². The molecule has 2 aromatic heterocycles. The van der Waals surface area contributed by atoms with Crippen molar-refractivity contribution >= 4 is 17.0 Å². The Morgan fingerprint density at radius 3 is 3.07 bits per heavy atom. The largest absolute Gasteiger partial charge is 0.377 e. The number of nitrogens with zero attached hydrogens (tertiary/aromatic N) is 2. The minimum Gasteiger partial charge on any atom is -0.377 e. The van der Waals surface area contributed by atoms with Crippen molar-refractivity contribution in [1.82, 2.24) is 9.55 Å². The summed E-state index contributed by atoms with van der Waals surface area (Å²) in [4.78, 5) is 3.86. The summed E-state index contributed by atoms with van der Waals surface area (Å²) in [5, 5.41) is 6.85. The van der Waals surface area contributed by atoms with Gasteiger partial charge in [0.15, 0.2) is 0 Å². The molecular formula is C9H9F2N3S. The third-order valence-electron chi connectivity index (χ3n) is 1.93. The first-order chi connectivity index (χ1) is 7.27. The molecule has 2 rings (SSSR count). The van der Waals surface area contributed by atoms with Gasteiger partial charge in [0.1, 0.15) is 5.82 Å². The second-order valence-electron chi connectivity index (χ2n) is 2.89. The summed E-state index contributed by atoms with van der Waals surface area (Å²) in [6, 6.07) is 1.89. The Hall–Kier alpha value is -1.43. The van der Waals surface area contributed by atoms with Crippen molar-refractivity contribution < 1.29 is 8.78 Å². The summed E-state index contributed by atoms with van der Waals surface area (Å²) < 4.78 is 25.7. The zero-order valence-corrected chi connectivity index (χ0v) is 8.55. The van der Waals surface area contributed by atoms with Crippen LogP contribution in [0, 0.1) is 0 Å². The normalized spacial score (nSPS) is 10.9. The van der Waals surface area contributed by atoms with Gasteiger partial charge >= 0.3 is 6.55 Å². The third kappa shape index (κ3) is 2.33. The van der Waals surface area contributed by atoms with Crippen molar-refractivity contribution in [2.45, 2.75) is 13.1 Å². The van der Waals surface area contributed by atoms with E-state index in [1.165, 1.54) is 12.4 Å². The molecule has 0 fully saturated rings. The molecule has 1 N–H and O–H groups in total. The molecule has 0 saturated carbocycles. The second-order valence-corrected chi connectivity index (χ2v) is 3.67. The Kier molecular flexibility index (Phi) is 2.96. The Bertz CT molecular complexity index is 411. The molecule has 2 aromatic rings. The Morgan fingerprint density at radius 2 is 2.40 bits per heavy atom. The maximum absolute atomic E-state index is 12.4. The molecule has 0 spiro atoms. The van der Waals surface area contributed by atoms with Gasteiger partial charge in [-0.1, -0.05) is 0 Å². The van der Waals surface area contributed by atoms with Crippen molar-refractivity contribution in [2.24, 2.45) is 0 Å². The molecule has 0 aliphatic carbocycles. The van der Waals surface area contributed by atoms with Gasteiger partial charge in [-0.25, -0.2) is 4.98 Å². The van der Waals surface area contributed by atoms with Crippen LogP contribution in [0.15, 0.2) is 29.2 Å². The van der Waals surface area contributed by atoms with E-state index >= 15 is 0 Å². The first-order valence-electron chi connectivity index (χ1n) is 4.33. The number of hydrogen-bond acceptors (Lipinski definition) is 3. The fourth-order valence-corrected chi connectivity index (χ4v) is 1.82. The lowest BCUT2D eigenvalue weighted by Gasteiger charge is -2.07. The van der Waals surface area contributed by atoms with E-state index in [2.05, 4.69) is 10.3 Å². The fraction of sp³-hybridized carbons (Fsp3) is 0.222. The highest BCUT2D eigenvalue weighted by Crippen LogP contribution is 2.15. The lowest BCUT2D eigenvalue weighted by molar-refractivity contribution is 0.0673. The zero-order valence-electron chi connectivity index (χ0n) is 7.73. The highest BCUT2D eigenvalue weighted by Gasteiger charge is 2.10. The number of anilines is 1. The summed E-state index contributed by atoms with van der Waals surface area (Å²) in [5.41, 5.74) is 0.920. The van der Waals surface area contributed by atoms with Crippen molar-refractivity contribution in [3.05, 3.63) is 35.0 Å². The molecule has 80 valence electrons. The van der Waals surface area contributed by atoms with Gasteiger partial charge < -0.3 is 5.32 Å². The number of imidazole rings is 1. The molecular weight excluding hydrogens is 220 g/mol. The number of alkyl halides is 2. The van der Waals surface area contributed by atoms with Gasteiger partial charge in [-0.3, -0.25) is 4.57 Å². The highest BCUT2D eigenvalue weighted by atomic mass is 32.1. The van der Waals surface area contributed by atoms with Crippen LogP contribution in [0.5, 0.6) is 0 Å². The molecule has 0 aliphatic heterocycles. The standard InChI is InChI=1S/C9H9F2N3S/c10-9(11)14-3-2-12-8(14)5-13-7-1-4-15-6-7/h1-4,6,9,13H,5H2. The first-order valence-corrected chi connectivity index (χ1v) is 5.27. The maximum atomic E-state index is 12.4. The minimum atomic E-state index is -2.54. The smallest absolute Gasteiger partial charge is 0.319 e. The zero-order chi connectivity index (χ0) is 10.7. The molecule has 0 unspecified atom stereocenters.